The van der Waals surface area contributed by atoms with Crippen LogP contribution >= 0.6 is 34.5 Å². The molecule has 8 nitrogen and oxygen atoms in total. The number of imidazole rings is 1. The summed E-state index contributed by atoms with van der Waals surface area (Å²) in [5, 5.41) is 4.01. The minimum atomic E-state index is -0.295. The molecular formula is C15H10Cl2N6O2S. The number of rotatable bonds is 3. The third-order valence-corrected chi connectivity index (χ3v) is 5.38. The molecule has 0 bridgehead atoms. The number of benzene rings is 1. The van der Waals surface area contributed by atoms with Crippen molar-refractivity contribution in [2.45, 2.75) is 6.54 Å². The highest BCUT2D eigenvalue weighted by Gasteiger charge is 2.13. The first kappa shape index (κ1) is 17.0. The Morgan fingerprint density at radius 2 is 2.00 bits per heavy atom. The van der Waals surface area contributed by atoms with Crippen molar-refractivity contribution in [1.82, 2.24) is 24.1 Å². The van der Waals surface area contributed by atoms with Crippen LogP contribution in [0.1, 0.15) is 0 Å². The lowest BCUT2D eigenvalue weighted by molar-refractivity contribution is -0.116. The van der Waals surface area contributed by atoms with Crippen LogP contribution < -0.4 is 10.9 Å². The van der Waals surface area contributed by atoms with Gasteiger partial charge in [0, 0.05) is 7.05 Å². The average Bonchev–Trinajstić information content (AvgIpc) is 3.15. The van der Waals surface area contributed by atoms with Crippen molar-refractivity contribution in [1.29, 1.82) is 0 Å². The van der Waals surface area contributed by atoms with Crippen molar-refractivity contribution in [3.63, 3.8) is 0 Å². The third-order valence-electron chi connectivity index (χ3n) is 3.73. The molecule has 0 radical (unpaired) electrons. The van der Waals surface area contributed by atoms with Gasteiger partial charge in [-0.3, -0.25) is 14.2 Å². The topological polar surface area (TPSA) is 94.7 Å². The molecule has 4 rings (SSSR count). The van der Waals surface area contributed by atoms with Gasteiger partial charge in [0.1, 0.15) is 6.54 Å². The number of aryl methyl sites for hydroxylation is 1. The summed E-state index contributed by atoms with van der Waals surface area (Å²) in [7, 11) is 1.60. The molecule has 0 aliphatic heterocycles. The number of thiazole rings is 1. The Hall–Kier alpha value is -2.49. The number of amides is 1. The number of carbonyl (C=O) groups excluding carboxylic acids is 1. The van der Waals surface area contributed by atoms with Gasteiger partial charge in [-0.25, -0.2) is 15.0 Å². The summed E-state index contributed by atoms with van der Waals surface area (Å²) < 4.78 is 3.75. The molecule has 0 atom stereocenters. The van der Waals surface area contributed by atoms with Crippen LogP contribution in [0.25, 0.3) is 21.5 Å². The lowest BCUT2D eigenvalue weighted by atomic mass is 10.3. The standard InChI is InChI=1S/C15H10Cl2N6O2S/c1-22-12(25)4-18-14-13(22)19-6-23(14)5-11(24)21-15-20-9-2-7(16)8(17)3-10(9)26-15/h2-4,6H,5H2,1H3,(H,20,21,24). The normalized spacial score (nSPS) is 11.3. The Labute approximate surface area is 160 Å². The van der Waals surface area contributed by atoms with E-state index in [4.69, 9.17) is 23.2 Å². The molecule has 132 valence electrons. The lowest BCUT2D eigenvalue weighted by Gasteiger charge is -2.04. The molecule has 4 aromatic rings. The van der Waals surface area contributed by atoms with Crippen molar-refractivity contribution in [3.05, 3.63) is 45.1 Å². The first-order valence-electron chi connectivity index (χ1n) is 7.34. The predicted octanol–water partition coefficient (Wildman–Crippen LogP) is 2.69. The van der Waals surface area contributed by atoms with Crippen LogP contribution in [0.15, 0.2) is 29.5 Å². The maximum atomic E-state index is 12.3. The summed E-state index contributed by atoms with van der Waals surface area (Å²) in [4.78, 5) is 36.5. The van der Waals surface area contributed by atoms with Gasteiger partial charge in [0.05, 0.1) is 32.8 Å². The number of anilines is 1. The number of aromatic nitrogens is 5. The number of carbonyl (C=O) groups is 1. The van der Waals surface area contributed by atoms with Crippen LogP contribution in [-0.4, -0.2) is 30.0 Å². The van der Waals surface area contributed by atoms with Crippen LogP contribution in [0.5, 0.6) is 0 Å². The van der Waals surface area contributed by atoms with Gasteiger partial charge in [-0.15, -0.1) is 0 Å². The summed E-state index contributed by atoms with van der Waals surface area (Å²) in [6, 6.07) is 3.36. The number of hydrogen-bond acceptors (Lipinski definition) is 6. The third kappa shape index (κ3) is 2.94. The number of fused-ring (bicyclic) bond motifs is 2. The van der Waals surface area contributed by atoms with E-state index in [-0.39, 0.29) is 18.0 Å². The summed E-state index contributed by atoms with van der Waals surface area (Å²) in [5.41, 5.74) is 1.25. The second kappa shape index (κ2) is 6.35. The highest BCUT2D eigenvalue weighted by molar-refractivity contribution is 7.22. The summed E-state index contributed by atoms with van der Waals surface area (Å²) in [6.07, 6.45) is 2.66. The van der Waals surface area contributed by atoms with Crippen LogP contribution in [0.2, 0.25) is 10.0 Å². The van der Waals surface area contributed by atoms with Crippen LogP contribution in [0.4, 0.5) is 5.13 Å². The van der Waals surface area contributed by atoms with Gasteiger partial charge in [0.2, 0.25) is 5.91 Å². The molecule has 1 N–H and O–H groups in total. The molecule has 0 saturated carbocycles. The second-order valence-corrected chi connectivity index (χ2v) is 7.32. The van der Waals surface area contributed by atoms with Crippen molar-refractivity contribution in [3.8, 4) is 0 Å². The largest absolute Gasteiger partial charge is 0.304 e. The van der Waals surface area contributed by atoms with E-state index in [0.717, 1.165) is 4.70 Å². The highest BCUT2D eigenvalue weighted by Crippen LogP contribution is 2.32. The van der Waals surface area contributed by atoms with Crippen LogP contribution in [0.3, 0.4) is 0 Å². The first-order valence-corrected chi connectivity index (χ1v) is 8.92. The van der Waals surface area contributed by atoms with Crippen LogP contribution in [-0.2, 0) is 18.4 Å². The number of nitrogens with zero attached hydrogens (tertiary/aromatic N) is 5. The summed E-state index contributed by atoms with van der Waals surface area (Å²) in [6.45, 7) is -0.0147. The molecule has 0 saturated heterocycles. The average molecular weight is 409 g/mol. The van der Waals surface area contributed by atoms with Gasteiger partial charge in [0.15, 0.2) is 16.4 Å². The minimum Gasteiger partial charge on any atom is -0.304 e. The molecule has 0 spiro atoms. The number of halogens is 2. The molecule has 0 aliphatic rings. The number of nitrogens with one attached hydrogen (secondary N) is 1. The van der Waals surface area contributed by atoms with E-state index < -0.39 is 0 Å². The SMILES string of the molecule is Cn1c(=O)cnc2c1ncn2CC(=O)Nc1nc2cc(Cl)c(Cl)cc2s1. The summed E-state index contributed by atoms with van der Waals surface area (Å²) in [5.74, 6) is -0.295. The predicted molar refractivity (Wildman–Crippen MR) is 101 cm³/mol. The second-order valence-electron chi connectivity index (χ2n) is 5.48. The lowest BCUT2D eigenvalue weighted by Crippen LogP contribution is -2.20. The van der Waals surface area contributed by atoms with E-state index in [1.807, 2.05) is 0 Å². The van der Waals surface area contributed by atoms with E-state index in [9.17, 15) is 9.59 Å². The van der Waals surface area contributed by atoms with E-state index in [1.54, 1.807) is 23.7 Å². The fraction of sp³-hybridized carbons (Fsp3) is 0.133. The van der Waals surface area contributed by atoms with Crippen molar-refractivity contribution >= 4 is 67.1 Å². The maximum Gasteiger partial charge on any atom is 0.270 e. The number of hydrogen-bond donors (Lipinski definition) is 1. The monoisotopic (exact) mass is 408 g/mol. The van der Waals surface area contributed by atoms with Gasteiger partial charge in [-0.1, -0.05) is 34.5 Å². The van der Waals surface area contributed by atoms with E-state index in [1.165, 1.54) is 28.4 Å². The zero-order valence-electron chi connectivity index (χ0n) is 13.2. The molecule has 0 aliphatic carbocycles. The Morgan fingerprint density at radius 3 is 2.81 bits per heavy atom. The molecule has 26 heavy (non-hydrogen) atoms. The Kier molecular flexibility index (Phi) is 4.14. The van der Waals surface area contributed by atoms with Crippen molar-refractivity contribution < 1.29 is 4.79 Å². The minimum absolute atomic E-state index is 0.0147. The van der Waals surface area contributed by atoms with Gasteiger partial charge >= 0.3 is 0 Å². The van der Waals surface area contributed by atoms with Gasteiger partial charge < -0.3 is 9.88 Å². The fourth-order valence-electron chi connectivity index (χ4n) is 2.45. The van der Waals surface area contributed by atoms with Crippen molar-refractivity contribution in [2.75, 3.05) is 5.32 Å². The molecule has 0 unspecified atom stereocenters. The zero-order chi connectivity index (χ0) is 18.4. The molecule has 0 fully saturated rings. The molecule has 1 aromatic carbocycles. The highest BCUT2D eigenvalue weighted by atomic mass is 35.5. The molecule has 3 heterocycles. The molecular weight excluding hydrogens is 399 g/mol. The van der Waals surface area contributed by atoms with E-state index in [0.29, 0.717) is 32.0 Å². The first-order chi connectivity index (χ1) is 12.4. The van der Waals surface area contributed by atoms with Gasteiger partial charge in [-0.05, 0) is 12.1 Å². The molecule has 11 heteroatoms. The quantitative estimate of drug-likeness (QED) is 0.562. The molecule has 3 aromatic heterocycles. The maximum absolute atomic E-state index is 12.3. The zero-order valence-corrected chi connectivity index (χ0v) is 15.6. The fourth-order valence-corrected chi connectivity index (χ4v) is 3.74. The van der Waals surface area contributed by atoms with E-state index >= 15 is 0 Å². The van der Waals surface area contributed by atoms with E-state index in [2.05, 4.69) is 20.3 Å². The van der Waals surface area contributed by atoms with Crippen molar-refractivity contribution in [2.24, 2.45) is 7.05 Å². The summed E-state index contributed by atoms with van der Waals surface area (Å²) >= 11 is 13.3. The Bertz CT molecular complexity index is 1190. The van der Waals surface area contributed by atoms with Gasteiger partial charge in [0.25, 0.3) is 5.56 Å². The molecule has 1 amide bonds. The van der Waals surface area contributed by atoms with Gasteiger partial charge in [-0.2, -0.15) is 0 Å². The smallest absolute Gasteiger partial charge is 0.270 e. The Balaban J connectivity index is 1.58. The van der Waals surface area contributed by atoms with Crippen LogP contribution in [0, 0.1) is 0 Å². The Morgan fingerprint density at radius 1 is 1.23 bits per heavy atom.